The number of primary amides is 1. The largest absolute Gasteiger partial charge is 0.373 e. The first-order chi connectivity index (χ1) is 10.2. The van der Waals surface area contributed by atoms with Crippen molar-refractivity contribution in [2.75, 3.05) is 11.5 Å². The molecule has 0 saturated heterocycles. The van der Waals surface area contributed by atoms with Gasteiger partial charge in [0.2, 0.25) is 0 Å². The van der Waals surface area contributed by atoms with Gasteiger partial charge in [-0.25, -0.2) is 4.79 Å². The molecule has 21 heavy (non-hydrogen) atoms. The molecular formula is C17H18N2O2. The van der Waals surface area contributed by atoms with Crippen molar-refractivity contribution in [1.29, 1.82) is 0 Å². The molecule has 0 radical (unpaired) electrons. The number of benzene rings is 2. The van der Waals surface area contributed by atoms with Crippen LogP contribution in [0, 0.1) is 0 Å². The predicted octanol–water partition coefficient (Wildman–Crippen LogP) is 3.54. The molecule has 3 rings (SSSR count). The summed E-state index contributed by atoms with van der Waals surface area (Å²) in [6.07, 6.45) is 0.654. The van der Waals surface area contributed by atoms with Crippen molar-refractivity contribution in [1.82, 2.24) is 0 Å². The second-order valence-electron chi connectivity index (χ2n) is 5.01. The summed E-state index contributed by atoms with van der Waals surface area (Å²) >= 11 is 0. The molecule has 0 spiro atoms. The lowest BCUT2D eigenvalue weighted by Gasteiger charge is -2.23. The summed E-state index contributed by atoms with van der Waals surface area (Å²) in [5.74, 6) is 0. The van der Waals surface area contributed by atoms with Gasteiger partial charge in [-0.2, -0.15) is 0 Å². The molecule has 0 aliphatic carbocycles. The molecule has 2 amide bonds. The third kappa shape index (κ3) is 2.38. The Kier molecular flexibility index (Phi) is 3.62. The summed E-state index contributed by atoms with van der Waals surface area (Å²) in [6, 6.07) is 15.1. The molecule has 1 heterocycles. The van der Waals surface area contributed by atoms with Gasteiger partial charge in [0.1, 0.15) is 0 Å². The van der Waals surface area contributed by atoms with Crippen LogP contribution in [0.25, 0.3) is 0 Å². The van der Waals surface area contributed by atoms with E-state index in [0.717, 1.165) is 28.9 Å². The highest BCUT2D eigenvalue weighted by molar-refractivity contribution is 6.00. The number of fused-ring (bicyclic) bond motifs is 2. The standard InChI is InChI=1S/C17H18N2O2/c1-2-21-16-11-12-7-3-5-9-14(12)19(17(18)20)15-10-6-4-8-13(15)16/h3-10,16H,2,11H2,1H3,(H2,18,20)/t16-/m0/s1. The zero-order chi connectivity index (χ0) is 14.8. The van der Waals surface area contributed by atoms with Gasteiger partial charge in [-0.05, 0) is 24.6 Å². The van der Waals surface area contributed by atoms with Crippen molar-refractivity contribution < 1.29 is 9.53 Å². The van der Waals surface area contributed by atoms with Crippen molar-refractivity contribution in [2.45, 2.75) is 19.4 Å². The maximum Gasteiger partial charge on any atom is 0.323 e. The van der Waals surface area contributed by atoms with Gasteiger partial charge in [-0.1, -0.05) is 36.4 Å². The van der Waals surface area contributed by atoms with Gasteiger partial charge in [-0.3, -0.25) is 4.90 Å². The lowest BCUT2D eigenvalue weighted by molar-refractivity contribution is 0.0638. The number of urea groups is 1. The molecule has 2 N–H and O–H groups in total. The molecule has 1 atom stereocenters. The number of amides is 2. The monoisotopic (exact) mass is 282 g/mol. The Morgan fingerprint density at radius 1 is 1.19 bits per heavy atom. The Morgan fingerprint density at radius 2 is 1.86 bits per heavy atom. The zero-order valence-electron chi connectivity index (χ0n) is 12.0. The number of hydrogen-bond acceptors (Lipinski definition) is 2. The Morgan fingerprint density at radius 3 is 2.57 bits per heavy atom. The summed E-state index contributed by atoms with van der Waals surface area (Å²) in [6.45, 7) is 2.60. The van der Waals surface area contributed by atoms with E-state index in [-0.39, 0.29) is 6.10 Å². The van der Waals surface area contributed by atoms with Crippen molar-refractivity contribution in [2.24, 2.45) is 5.73 Å². The molecular weight excluding hydrogens is 264 g/mol. The Hall–Kier alpha value is -2.33. The SMILES string of the molecule is CCO[C@H]1Cc2ccccc2N(C(N)=O)c2ccccc21. The molecule has 4 heteroatoms. The number of carbonyl (C=O) groups is 1. The van der Waals surface area contributed by atoms with Gasteiger partial charge in [-0.15, -0.1) is 0 Å². The van der Waals surface area contributed by atoms with E-state index in [0.29, 0.717) is 6.61 Å². The average molecular weight is 282 g/mol. The molecule has 2 aromatic carbocycles. The molecule has 108 valence electrons. The van der Waals surface area contributed by atoms with E-state index in [4.69, 9.17) is 10.5 Å². The van der Waals surface area contributed by atoms with Crippen LogP contribution in [0.2, 0.25) is 0 Å². The zero-order valence-corrected chi connectivity index (χ0v) is 12.0. The fraction of sp³-hybridized carbons (Fsp3) is 0.235. The number of nitrogens with zero attached hydrogens (tertiary/aromatic N) is 1. The van der Waals surface area contributed by atoms with Crippen molar-refractivity contribution in [3.63, 3.8) is 0 Å². The van der Waals surface area contributed by atoms with Crippen LogP contribution in [0.15, 0.2) is 48.5 Å². The fourth-order valence-corrected chi connectivity index (χ4v) is 2.89. The number of para-hydroxylation sites is 2. The molecule has 0 unspecified atom stereocenters. The van der Waals surface area contributed by atoms with E-state index in [9.17, 15) is 4.79 Å². The summed E-state index contributed by atoms with van der Waals surface area (Å²) in [5, 5.41) is 0. The minimum atomic E-state index is -0.480. The second-order valence-corrected chi connectivity index (χ2v) is 5.01. The van der Waals surface area contributed by atoms with Crippen LogP contribution in [-0.2, 0) is 11.2 Å². The summed E-state index contributed by atoms with van der Waals surface area (Å²) in [5.41, 5.74) is 9.32. The number of carbonyl (C=O) groups excluding carboxylic acids is 1. The number of anilines is 2. The molecule has 0 fully saturated rings. The van der Waals surface area contributed by atoms with Crippen LogP contribution < -0.4 is 10.6 Å². The smallest absolute Gasteiger partial charge is 0.323 e. The molecule has 4 nitrogen and oxygen atoms in total. The van der Waals surface area contributed by atoms with Gasteiger partial charge < -0.3 is 10.5 Å². The fourth-order valence-electron chi connectivity index (χ4n) is 2.89. The minimum Gasteiger partial charge on any atom is -0.373 e. The summed E-state index contributed by atoms with van der Waals surface area (Å²) in [4.78, 5) is 13.6. The Labute approximate surface area is 124 Å². The van der Waals surface area contributed by atoms with Crippen molar-refractivity contribution in [3.05, 3.63) is 59.7 Å². The first-order valence-electron chi connectivity index (χ1n) is 7.10. The first-order valence-corrected chi connectivity index (χ1v) is 7.10. The van der Waals surface area contributed by atoms with Gasteiger partial charge in [0.15, 0.2) is 0 Å². The molecule has 2 aromatic rings. The molecule has 0 aromatic heterocycles. The Balaban J connectivity index is 2.23. The maximum atomic E-state index is 12.0. The van der Waals surface area contributed by atoms with Crippen LogP contribution in [-0.4, -0.2) is 12.6 Å². The highest BCUT2D eigenvalue weighted by Gasteiger charge is 2.29. The van der Waals surface area contributed by atoms with Crippen LogP contribution >= 0.6 is 0 Å². The number of rotatable bonds is 2. The van der Waals surface area contributed by atoms with E-state index in [2.05, 4.69) is 0 Å². The van der Waals surface area contributed by atoms with Crippen molar-refractivity contribution in [3.8, 4) is 0 Å². The van der Waals surface area contributed by atoms with E-state index in [1.54, 1.807) is 4.90 Å². The van der Waals surface area contributed by atoms with E-state index < -0.39 is 6.03 Å². The highest BCUT2D eigenvalue weighted by atomic mass is 16.5. The quantitative estimate of drug-likeness (QED) is 0.916. The lowest BCUT2D eigenvalue weighted by atomic mass is 10.0. The summed E-state index contributed by atoms with van der Waals surface area (Å²) < 4.78 is 5.90. The normalized spacial score (nSPS) is 16.8. The van der Waals surface area contributed by atoms with Gasteiger partial charge in [0, 0.05) is 18.6 Å². The number of nitrogens with two attached hydrogens (primary N) is 1. The maximum absolute atomic E-state index is 12.0. The second kappa shape index (κ2) is 5.58. The van der Waals surface area contributed by atoms with Crippen LogP contribution in [0.5, 0.6) is 0 Å². The number of hydrogen-bond donors (Lipinski definition) is 1. The lowest BCUT2D eigenvalue weighted by Crippen LogP contribution is -2.32. The Bertz CT molecular complexity index is 669. The summed E-state index contributed by atoms with van der Waals surface area (Å²) in [7, 11) is 0. The van der Waals surface area contributed by atoms with E-state index in [1.807, 2.05) is 55.5 Å². The van der Waals surface area contributed by atoms with Crippen LogP contribution in [0.1, 0.15) is 24.2 Å². The molecule has 1 aliphatic heterocycles. The predicted molar refractivity (Wildman–Crippen MR) is 82.7 cm³/mol. The highest BCUT2D eigenvalue weighted by Crippen LogP contribution is 2.41. The minimum absolute atomic E-state index is 0.0725. The van der Waals surface area contributed by atoms with Crippen molar-refractivity contribution >= 4 is 17.4 Å². The van der Waals surface area contributed by atoms with E-state index in [1.165, 1.54) is 0 Å². The number of ether oxygens (including phenoxy) is 1. The molecule has 1 aliphatic rings. The molecule has 0 saturated carbocycles. The van der Waals surface area contributed by atoms with E-state index >= 15 is 0 Å². The third-order valence-corrected chi connectivity index (χ3v) is 3.75. The van der Waals surface area contributed by atoms with Gasteiger partial charge in [0.25, 0.3) is 0 Å². The molecule has 0 bridgehead atoms. The van der Waals surface area contributed by atoms with Gasteiger partial charge in [0.05, 0.1) is 17.5 Å². The van der Waals surface area contributed by atoms with Crippen LogP contribution in [0.4, 0.5) is 16.2 Å². The first kappa shape index (κ1) is 13.6. The van der Waals surface area contributed by atoms with Crippen LogP contribution in [0.3, 0.4) is 0 Å². The third-order valence-electron chi connectivity index (χ3n) is 3.75. The topological polar surface area (TPSA) is 55.6 Å². The average Bonchev–Trinajstić information content (AvgIpc) is 2.62. The van der Waals surface area contributed by atoms with Gasteiger partial charge >= 0.3 is 6.03 Å².